The number of aliphatic hydroxyl groups excluding tert-OH is 1. The Balaban J connectivity index is 1.96. The maximum Gasteiger partial charge on any atom is 0.238 e. The summed E-state index contributed by atoms with van der Waals surface area (Å²) < 4.78 is 24.7. The molecule has 3 N–H and O–H groups in total. The van der Waals surface area contributed by atoms with Crippen LogP contribution in [0.4, 0.5) is 0 Å². The van der Waals surface area contributed by atoms with Gasteiger partial charge in [-0.1, -0.05) is 30.3 Å². The molecule has 0 atom stereocenters. The van der Waals surface area contributed by atoms with Crippen molar-refractivity contribution in [2.24, 2.45) is 5.14 Å². The molecule has 0 aliphatic carbocycles. The van der Waals surface area contributed by atoms with Crippen molar-refractivity contribution in [1.29, 1.82) is 0 Å². The highest BCUT2D eigenvalue weighted by atomic mass is 32.2. The van der Waals surface area contributed by atoms with Crippen LogP contribution in [0, 0.1) is 0 Å². The lowest BCUT2D eigenvalue weighted by molar-refractivity contribution is 0.214. The van der Waals surface area contributed by atoms with Crippen molar-refractivity contribution in [3.8, 4) is 5.69 Å². The van der Waals surface area contributed by atoms with Gasteiger partial charge in [-0.05, 0) is 36.9 Å². The molecule has 8 nitrogen and oxygen atoms in total. The molecule has 0 bridgehead atoms. The fraction of sp³-hybridized carbons (Fsp3) is 0.263. The standard InChI is InChI=1S/C19H23N5O3S/c1-23(11-12-25)14-18-21-19(13-15-5-3-2-4-6-15)24(22-18)16-7-9-17(10-8-16)28(20,26)27/h2-10,25H,11-14H2,1H3,(H2,20,26,27). The van der Waals surface area contributed by atoms with Gasteiger partial charge in [0, 0.05) is 13.0 Å². The van der Waals surface area contributed by atoms with Gasteiger partial charge in [0.1, 0.15) is 5.82 Å². The molecule has 1 aromatic heterocycles. The molecule has 0 spiro atoms. The molecule has 0 saturated heterocycles. The Labute approximate surface area is 164 Å². The average Bonchev–Trinajstić information content (AvgIpc) is 3.04. The Hall–Kier alpha value is -2.59. The fourth-order valence-electron chi connectivity index (χ4n) is 2.83. The molecule has 2 aromatic carbocycles. The Morgan fingerprint density at radius 2 is 1.79 bits per heavy atom. The van der Waals surface area contributed by atoms with Crippen molar-refractivity contribution in [2.75, 3.05) is 20.2 Å². The molecule has 0 fully saturated rings. The van der Waals surface area contributed by atoms with Crippen molar-refractivity contribution < 1.29 is 13.5 Å². The molecule has 1 heterocycles. The smallest absolute Gasteiger partial charge is 0.238 e. The summed E-state index contributed by atoms with van der Waals surface area (Å²) in [6, 6.07) is 16.1. The second-order valence-corrected chi connectivity index (χ2v) is 8.08. The number of aromatic nitrogens is 3. The van der Waals surface area contributed by atoms with Gasteiger partial charge in [-0.3, -0.25) is 4.90 Å². The summed E-state index contributed by atoms with van der Waals surface area (Å²) in [5.41, 5.74) is 1.79. The van der Waals surface area contributed by atoms with Crippen molar-refractivity contribution in [3.63, 3.8) is 0 Å². The van der Waals surface area contributed by atoms with E-state index in [4.69, 9.17) is 10.2 Å². The number of hydrogen-bond acceptors (Lipinski definition) is 6. The van der Waals surface area contributed by atoms with Gasteiger partial charge in [-0.2, -0.15) is 0 Å². The van der Waals surface area contributed by atoms with E-state index in [1.54, 1.807) is 16.8 Å². The number of primary sulfonamides is 1. The van der Waals surface area contributed by atoms with E-state index in [2.05, 4.69) is 10.1 Å². The van der Waals surface area contributed by atoms with Gasteiger partial charge < -0.3 is 5.11 Å². The number of hydrogen-bond donors (Lipinski definition) is 2. The Morgan fingerprint density at radius 1 is 1.11 bits per heavy atom. The molecular weight excluding hydrogens is 378 g/mol. The molecule has 3 aromatic rings. The first kappa shape index (κ1) is 20.2. The Bertz CT molecular complexity index is 1020. The zero-order chi connectivity index (χ0) is 20.1. The van der Waals surface area contributed by atoms with Crippen molar-refractivity contribution in [3.05, 3.63) is 71.8 Å². The third-order valence-electron chi connectivity index (χ3n) is 4.23. The molecule has 0 radical (unpaired) electrons. The van der Waals surface area contributed by atoms with Crippen LogP contribution < -0.4 is 5.14 Å². The topological polar surface area (TPSA) is 114 Å². The third-order valence-corrected chi connectivity index (χ3v) is 5.16. The van der Waals surface area contributed by atoms with E-state index in [-0.39, 0.29) is 11.5 Å². The van der Waals surface area contributed by atoms with Crippen LogP contribution in [0.1, 0.15) is 17.2 Å². The van der Waals surface area contributed by atoms with E-state index < -0.39 is 10.0 Å². The summed E-state index contributed by atoms with van der Waals surface area (Å²) >= 11 is 0. The van der Waals surface area contributed by atoms with Crippen LogP contribution in [-0.4, -0.2) is 53.4 Å². The van der Waals surface area contributed by atoms with Crippen LogP contribution in [0.15, 0.2) is 59.5 Å². The van der Waals surface area contributed by atoms with E-state index in [9.17, 15) is 8.42 Å². The first-order valence-electron chi connectivity index (χ1n) is 8.78. The van der Waals surface area contributed by atoms with Crippen molar-refractivity contribution in [2.45, 2.75) is 17.9 Å². The Morgan fingerprint density at radius 3 is 2.39 bits per heavy atom. The number of benzene rings is 2. The number of likely N-dealkylation sites (N-methyl/N-ethyl adjacent to an activating group) is 1. The third kappa shape index (κ3) is 5.02. The molecule has 9 heteroatoms. The van der Waals surface area contributed by atoms with Gasteiger partial charge in [-0.15, -0.1) is 5.10 Å². The summed E-state index contributed by atoms with van der Waals surface area (Å²) in [7, 11) is -1.87. The number of rotatable bonds is 8. The zero-order valence-corrected chi connectivity index (χ0v) is 16.4. The van der Waals surface area contributed by atoms with Crippen molar-refractivity contribution >= 4 is 10.0 Å². The predicted molar refractivity (Wildman–Crippen MR) is 105 cm³/mol. The minimum atomic E-state index is -3.75. The largest absolute Gasteiger partial charge is 0.395 e. The second-order valence-electron chi connectivity index (χ2n) is 6.52. The highest BCUT2D eigenvalue weighted by molar-refractivity contribution is 7.89. The van der Waals surface area contributed by atoms with Crippen LogP contribution >= 0.6 is 0 Å². The average molecular weight is 401 g/mol. The summed E-state index contributed by atoms with van der Waals surface area (Å²) in [5, 5.41) is 18.9. The lowest BCUT2D eigenvalue weighted by atomic mass is 10.1. The van der Waals surface area contributed by atoms with Gasteiger partial charge in [0.2, 0.25) is 10.0 Å². The molecule has 0 unspecified atom stereocenters. The van der Waals surface area contributed by atoms with E-state index >= 15 is 0 Å². The van der Waals surface area contributed by atoms with Gasteiger partial charge in [-0.25, -0.2) is 23.2 Å². The fourth-order valence-corrected chi connectivity index (χ4v) is 3.34. The van der Waals surface area contributed by atoms with Crippen LogP contribution in [0.5, 0.6) is 0 Å². The normalized spacial score (nSPS) is 11.9. The highest BCUT2D eigenvalue weighted by Gasteiger charge is 2.15. The monoisotopic (exact) mass is 401 g/mol. The van der Waals surface area contributed by atoms with Crippen LogP contribution in [-0.2, 0) is 23.0 Å². The van der Waals surface area contributed by atoms with Gasteiger partial charge >= 0.3 is 0 Å². The van der Waals surface area contributed by atoms with E-state index in [1.165, 1.54) is 12.1 Å². The highest BCUT2D eigenvalue weighted by Crippen LogP contribution is 2.17. The van der Waals surface area contributed by atoms with Crippen LogP contribution in [0.25, 0.3) is 5.69 Å². The van der Waals surface area contributed by atoms with Crippen LogP contribution in [0.3, 0.4) is 0 Å². The summed E-state index contributed by atoms with van der Waals surface area (Å²) in [6.07, 6.45) is 0.578. The van der Waals surface area contributed by atoms with E-state index in [0.717, 1.165) is 11.4 Å². The maximum absolute atomic E-state index is 11.5. The lowest BCUT2D eigenvalue weighted by Crippen LogP contribution is -2.22. The molecule has 0 aliphatic heterocycles. The predicted octanol–water partition coefficient (Wildman–Crippen LogP) is 0.930. The molecular formula is C19H23N5O3S. The first-order chi connectivity index (χ1) is 13.4. The number of nitrogens with zero attached hydrogens (tertiary/aromatic N) is 4. The van der Waals surface area contributed by atoms with Gasteiger partial charge in [0.05, 0.1) is 23.7 Å². The Kier molecular flexibility index (Phi) is 6.20. The molecule has 3 rings (SSSR count). The molecule has 0 aliphatic rings. The van der Waals surface area contributed by atoms with Gasteiger partial charge in [0.15, 0.2) is 5.82 Å². The zero-order valence-electron chi connectivity index (χ0n) is 15.6. The van der Waals surface area contributed by atoms with E-state index in [0.29, 0.717) is 31.0 Å². The van der Waals surface area contributed by atoms with E-state index in [1.807, 2.05) is 42.3 Å². The molecule has 148 valence electrons. The molecule has 0 saturated carbocycles. The van der Waals surface area contributed by atoms with Crippen LogP contribution in [0.2, 0.25) is 0 Å². The molecule has 0 amide bonds. The number of nitrogens with two attached hydrogens (primary N) is 1. The number of sulfonamides is 1. The SMILES string of the molecule is CN(CCO)Cc1nc(Cc2ccccc2)n(-c2ccc(S(N)(=O)=O)cc2)n1. The number of aliphatic hydroxyl groups is 1. The quantitative estimate of drug-likeness (QED) is 0.580. The van der Waals surface area contributed by atoms with Crippen molar-refractivity contribution in [1.82, 2.24) is 19.7 Å². The maximum atomic E-state index is 11.5. The first-order valence-corrected chi connectivity index (χ1v) is 10.3. The summed E-state index contributed by atoms with van der Waals surface area (Å²) in [6.45, 7) is 1.07. The molecule has 28 heavy (non-hydrogen) atoms. The summed E-state index contributed by atoms with van der Waals surface area (Å²) in [4.78, 5) is 6.63. The second kappa shape index (κ2) is 8.61. The minimum absolute atomic E-state index is 0.0453. The summed E-state index contributed by atoms with van der Waals surface area (Å²) in [5.74, 6) is 1.36. The lowest BCUT2D eigenvalue weighted by Gasteiger charge is -2.11. The van der Waals surface area contributed by atoms with Gasteiger partial charge in [0.25, 0.3) is 0 Å². The minimum Gasteiger partial charge on any atom is -0.395 e.